The molecule has 0 radical (unpaired) electrons. The van der Waals surface area contributed by atoms with Crippen LogP contribution in [0.2, 0.25) is 0 Å². The van der Waals surface area contributed by atoms with Gasteiger partial charge in [0.05, 0.1) is 58.0 Å². The Bertz CT molecular complexity index is 1090. The van der Waals surface area contributed by atoms with Gasteiger partial charge in [-0.3, -0.25) is 9.69 Å². The summed E-state index contributed by atoms with van der Waals surface area (Å²) in [5.74, 6) is 3.68. The van der Waals surface area contributed by atoms with E-state index in [1.165, 1.54) is 37.7 Å². The van der Waals surface area contributed by atoms with Gasteiger partial charge in [0.1, 0.15) is 0 Å². The van der Waals surface area contributed by atoms with E-state index in [-0.39, 0.29) is 11.0 Å². The van der Waals surface area contributed by atoms with Crippen LogP contribution in [0.4, 0.5) is 0 Å². The zero-order valence-corrected chi connectivity index (χ0v) is 28.2. The number of likely N-dealkylation sites (tertiary alicyclic amines) is 1. The van der Waals surface area contributed by atoms with Crippen LogP contribution < -0.4 is 0 Å². The minimum absolute atomic E-state index is 0.0462. The molecule has 0 amide bonds. The number of methoxy groups -OCH3 is 1. The first-order chi connectivity index (χ1) is 21.3. The molecule has 0 aromatic carbocycles. The van der Waals surface area contributed by atoms with Crippen molar-refractivity contribution in [2.24, 2.45) is 35.0 Å². The Morgan fingerprint density at radius 1 is 0.977 bits per heavy atom. The van der Waals surface area contributed by atoms with Gasteiger partial charge in [-0.1, -0.05) is 37.5 Å². The Hall–Kier alpha value is -1.09. The summed E-state index contributed by atoms with van der Waals surface area (Å²) in [4.78, 5) is 15.0. The third-order valence-electron chi connectivity index (χ3n) is 12.8. The first-order valence-electron chi connectivity index (χ1n) is 17.8. The summed E-state index contributed by atoms with van der Waals surface area (Å²) >= 11 is 0. The number of rotatable bonds is 12. The van der Waals surface area contributed by atoms with Gasteiger partial charge in [-0.15, -0.1) is 0 Å². The van der Waals surface area contributed by atoms with Gasteiger partial charge in [-0.2, -0.15) is 0 Å². The monoisotopic (exact) mass is 613 g/mol. The van der Waals surface area contributed by atoms with Crippen molar-refractivity contribution in [1.29, 1.82) is 0 Å². The first kappa shape index (κ1) is 32.8. The van der Waals surface area contributed by atoms with Crippen LogP contribution in [0.1, 0.15) is 85.5 Å². The van der Waals surface area contributed by atoms with Gasteiger partial charge in [0.25, 0.3) is 0 Å². The van der Waals surface area contributed by atoms with E-state index in [1.54, 1.807) is 18.3 Å². The van der Waals surface area contributed by atoms with Gasteiger partial charge in [0, 0.05) is 38.6 Å². The zero-order valence-electron chi connectivity index (χ0n) is 28.2. The Morgan fingerprint density at radius 2 is 1.70 bits per heavy atom. The second-order valence-corrected chi connectivity index (χ2v) is 15.4. The van der Waals surface area contributed by atoms with Crippen LogP contribution in [0, 0.1) is 35.0 Å². The van der Waals surface area contributed by atoms with Crippen molar-refractivity contribution in [2.45, 2.75) is 103 Å². The number of allylic oxidation sites excluding steroid dienone is 3. The van der Waals surface area contributed by atoms with Crippen LogP contribution in [-0.4, -0.2) is 94.9 Å². The molecular weight excluding hydrogens is 554 g/mol. The van der Waals surface area contributed by atoms with Crippen molar-refractivity contribution in [1.82, 2.24) is 4.90 Å². The molecule has 6 aliphatic rings. The summed E-state index contributed by atoms with van der Waals surface area (Å²) < 4.78 is 29.4. The highest BCUT2D eigenvalue weighted by molar-refractivity contribution is 5.91. The second kappa shape index (κ2) is 13.9. The molecule has 44 heavy (non-hydrogen) atoms. The molecule has 2 saturated carbocycles. The van der Waals surface area contributed by atoms with Crippen LogP contribution in [0.15, 0.2) is 22.8 Å². The van der Waals surface area contributed by atoms with E-state index in [2.05, 4.69) is 32.6 Å². The number of ether oxygens (including phenoxy) is 5. The normalized spacial score (nSPS) is 40.4. The average molecular weight is 614 g/mol. The van der Waals surface area contributed by atoms with E-state index < -0.39 is 0 Å². The van der Waals surface area contributed by atoms with Crippen LogP contribution in [0.25, 0.3) is 0 Å². The molecule has 0 aromatic rings. The highest BCUT2D eigenvalue weighted by atomic mass is 16.6. The lowest BCUT2D eigenvalue weighted by atomic mass is 9.56. The van der Waals surface area contributed by atoms with E-state index in [4.69, 9.17) is 23.7 Å². The Balaban J connectivity index is 1.05. The summed E-state index contributed by atoms with van der Waals surface area (Å²) in [5.41, 5.74) is 5.04. The van der Waals surface area contributed by atoms with Crippen molar-refractivity contribution >= 4 is 5.78 Å². The third-order valence-corrected chi connectivity index (χ3v) is 12.8. The largest absolute Gasteiger partial charge is 0.382 e. The SMILES string of the molecule is COCCOCCOCCOCCN1C[C@@H](C)C[C@H]2OC3(CC[C@@H]4C(=C(C)C3)C[C@H]3[C@H]4CCC4=CC(=O)CC[C@@]43C)[C@H](C)[C@@H]21. The van der Waals surface area contributed by atoms with Gasteiger partial charge in [0.15, 0.2) is 5.78 Å². The number of nitrogens with zero attached hydrogens (tertiary/aromatic N) is 1. The number of carbonyl (C=O) groups is 1. The van der Waals surface area contributed by atoms with E-state index in [1.807, 2.05) is 6.08 Å². The number of piperidine rings is 1. The smallest absolute Gasteiger partial charge is 0.155 e. The molecule has 0 bridgehead atoms. The molecule has 1 unspecified atom stereocenters. The highest BCUT2D eigenvalue weighted by Gasteiger charge is 2.59. The lowest BCUT2D eigenvalue weighted by Crippen LogP contribution is -2.52. The molecule has 7 heteroatoms. The lowest BCUT2D eigenvalue weighted by molar-refractivity contribution is -0.116. The number of hydrogen-bond donors (Lipinski definition) is 0. The molecule has 0 aromatic heterocycles. The van der Waals surface area contributed by atoms with Crippen molar-refractivity contribution in [3.63, 3.8) is 0 Å². The van der Waals surface area contributed by atoms with Crippen molar-refractivity contribution < 1.29 is 28.5 Å². The molecule has 1 spiro atoms. The van der Waals surface area contributed by atoms with E-state index in [0.717, 1.165) is 51.3 Å². The van der Waals surface area contributed by atoms with Crippen LogP contribution >= 0.6 is 0 Å². The van der Waals surface area contributed by atoms with Crippen molar-refractivity contribution in [3.05, 3.63) is 22.8 Å². The Labute approximate surface area is 266 Å². The number of ketones is 1. The maximum absolute atomic E-state index is 12.3. The van der Waals surface area contributed by atoms with Gasteiger partial charge in [-0.05, 0) is 93.5 Å². The average Bonchev–Trinajstić information content (AvgIpc) is 3.46. The molecule has 6 rings (SSSR count). The summed E-state index contributed by atoms with van der Waals surface area (Å²) in [6.45, 7) is 16.3. The van der Waals surface area contributed by atoms with Gasteiger partial charge in [0.2, 0.25) is 0 Å². The fraction of sp³-hybridized carbons (Fsp3) is 0.865. The molecule has 9 atom stereocenters. The molecule has 2 saturated heterocycles. The predicted molar refractivity (Wildman–Crippen MR) is 172 cm³/mol. The maximum atomic E-state index is 12.3. The predicted octanol–water partition coefficient (Wildman–Crippen LogP) is 6.01. The Morgan fingerprint density at radius 3 is 2.45 bits per heavy atom. The molecule has 2 aliphatic heterocycles. The summed E-state index contributed by atoms with van der Waals surface area (Å²) in [6, 6.07) is 0.472. The minimum atomic E-state index is -0.0462. The molecule has 2 heterocycles. The van der Waals surface area contributed by atoms with Gasteiger partial charge in [-0.25, -0.2) is 0 Å². The fourth-order valence-electron chi connectivity index (χ4n) is 10.6. The van der Waals surface area contributed by atoms with E-state index >= 15 is 0 Å². The number of hydrogen-bond acceptors (Lipinski definition) is 7. The lowest BCUT2D eigenvalue weighted by Gasteiger charge is -2.48. The van der Waals surface area contributed by atoms with Crippen LogP contribution in [0.5, 0.6) is 0 Å². The second-order valence-electron chi connectivity index (χ2n) is 15.4. The topological polar surface area (TPSA) is 66.5 Å². The van der Waals surface area contributed by atoms with E-state index in [0.29, 0.717) is 81.2 Å². The van der Waals surface area contributed by atoms with Crippen LogP contribution in [0.3, 0.4) is 0 Å². The van der Waals surface area contributed by atoms with Gasteiger partial charge < -0.3 is 23.7 Å². The van der Waals surface area contributed by atoms with Crippen LogP contribution in [-0.2, 0) is 28.5 Å². The summed E-state index contributed by atoms with van der Waals surface area (Å²) in [7, 11) is 1.68. The third kappa shape index (κ3) is 6.40. The molecule has 7 nitrogen and oxygen atoms in total. The molecule has 248 valence electrons. The molecule has 4 fully saturated rings. The molecule has 4 aliphatic carbocycles. The standard InChI is InChI=1S/C37H59NO6/c1-25-20-34-35(38(24-25)12-13-41-16-17-43-19-18-42-15-14-40-5)27(3)37(44-34)11-9-30-31-7-6-28-21-29(39)8-10-36(28,4)33(31)22-32(30)26(2)23-37/h21,25,27,30-31,33-35H,6-20,22-24H2,1-5H3/t25-,27+,30-,31-,33-,34+,35-,36-,37?/m0/s1. The number of fused-ring (bicyclic) bond motifs is 6. The summed E-state index contributed by atoms with van der Waals surface area (Å²) in [5, 5.41) is 0. The maximum Gasteiger partial charge on any atom is 0.155 e. The quantitative estimate of drug-likeness (QED) is 0.197. The fourth-order valence-corrected chi connectivity index (χ4v) is 10.6. The Kier molecular flexibility index (Phi) is 10.4. The zero-order chi connectivity index (χ0) is 30.9. The van der Waals surface area contributed by atoms with E-state index in [9.17, 15) is 4.79 Å². The molecule has 0 N–H and O–H groups in total. The minimum Gasteiger partial charge on any atom is -0.382 e. The highest BCUT2D eigenvalue weighted by Crippen LogP contribution is 2.64. The summed E-state index contributed by atoms with van der Waals surface area (Å²) in [6.07, 6.45) is 12.5. The van der Waals surface area contributed by atoms with Gasteiger partial charge >= 0.3 is 0 Å². The van der Waals surface area contributed by atoms with Crippen molar-refractivity contribution in [3.8, 4) is 0 Å². The first-order valence-corrected chi connectivity index (χ1v) is 17.8. The number of carbonyl (C=O) groups excluding carboxylic acids is 1. The van der Waals surface area contributed by atoms with Crippen molar-refractivity contribution in [2.75, 3.05) is 66.4 Å². The molecular formula is C37H59NO6.